The van der Waals surface area contributed by atoms with Crippen LogP contribution in [0.15, 0.2) is 22.9 Å². The molecule has 1 heterocycles. The first-order valence-electron chi connectivity index (χ1n) is 3.43. The maximum absolute atomic E-state index is 4.04. The van der Waals surface area contributed by atoms with Crippen LogP contribution in [0, 0.1) is 0 Å². The molecule has 11 heavy (non-hydrogen) atoms. The largest absolute Gasteiger partial charge is 0.305 e. The number of hydrogen-bond acceptors (Lipinski definition) is 2. The number of rotatable bonds is 2. The maximum Gasteiger partial charge on any atom is 0.0324 e. The van der Waals surface area contributed by atoms with Crippen LogP contribution in [0.4, 0.5) is 0 Å². The van der Waals surface area contributed by atoms with Crippen molar-refractivity contribution in [2.75, 3.05) is 14.1 Å². The monoisotopic (exact) mass is 214 g/mol. The molecule has 0 aliphatic rings. The molecule has 0 saturated heterocycles. The Morgan fingerprint density at radius 2 is 2.27 bits per heavy atom. The van der Waals surface area contributed by atoms with Crippen molar-refractivity contribution in [1.29, 1.82) is 0 Å². The van der Waals surface area contributed by atoms with Gasteiger partial charge in [0.25, 0.3) is 0 Å². The lowest BCUT2D eigenvalue weighted by molar-refractivity contribution is 0.401. The Morgan fingerprint density at radius 1 is 1.55 bits per heavy atom. The number of aromatic nitrogens is 1. The molecule has 2 nitrogen and oxygen atoms in total. The molecule has 0 aliphatic carbocycles. The highest BCUT2D eigenvalue weighted by molar-refractivity contribution is 9.10. The maximum atomic E-state index is 4.04. The van der Waals surface area contributed by atoms with E-state index in [9.17, 15) is 0 Å². The van der Waals surface area contributed by atoms with Gasteiger partial charge in [0.15, 0.2) is 0 Å². The Kier molecular flexibility index (Phi) is 3.02. The van der Waals surface area contributed by atoms with Crippen LogP contribution in [-0.2, 0) is 6.54 Å². The highest BCUT2D eigenvalue weighted by atomic mass is 79.9. The third-order valence-corrected chi connectivity index (χ3v) is 2.10. The molecule has 0 N–H and O–H groups in total. The fraction of sp³-hybridized carbons (Fsp3) is 0.375. The van der Waals surface area contributed by atoms with E-state index in [1.807, 2.05) is 26.4 Å². The van der Waals surface area contributed by atoms with Crippen molar-refractivity contribution >= 4 is 15.9 Å². The summed E-state index contributed by atoms with van der Waals surface area (Å²) in [6.45, 7) is 0.925. The second-order valence-electron chi connectivity index (χ2n) is 2.70. The molecule has 0 aromatic carbocycles. The molecule has 1 rings (SSSR count). The van der Waals surface area contributed by atoms with Gasteiger partial charge in [0.1, 0.15) is 0 Å². The third-order valence-electron chi connectivity index (χ3n) is 1.33. The first kappa shape index (κ1) is 8.68. The van der Waals surface area contributed by atoms with E-state index in [1.165, 1.54) is 5.56 Å². The van der Waals surface area contributed by atoms with E-state index in [4.69, 9.17) is 0 Å². The molecule has 0 spiro atoms. The lowest BCUT2D eigenvalue weighted by Crippen LogP contribution is -2.11. The molecule has 0 fully saturated rings. The van der Waals surface area contributed by atoms with Crippen molar-refractivity contribution in [3.8, 4) is 0 Å². The molecular formula is C8H11BrN2. The number of halogens is 1. The summed E-state index contributed by atoms with van der Waals surface area (Å²) in [6, 6.07) is 1.96. The lowest BCUT2D eigenvalue weighted by atomic mass is 10.3. The van der Waals surface area contributed by atoms with Crippen molar-refractivity contribution in [2.45, 2.75) is 6.54 Å². The highest BCUT2D eigenvalue weighted by Gasteiger charge is 1.98. The standard InChI is InChI=1S/C8H11BrN2/c1-11(2)6-7-5-10-4-3-8(7)9/h3-5H,6H2,1-2H3. The minimum Gasteiger partial charge on any atom is -0.305 e. The molecular weight excluding hydrogens is 204 g/mol. The second kappa shape index (κ2) is 3.83. The lowest BCUT2D eigenvalue weighted by Gasteiger charge is -2.09. The van der Waals surface area contributed by atoms with E-state index < -0.39 is 0 Å². The quantitative estimate of drug-likeness (QED) is 0.749. The Bertz CT molecular complexity index is 235. The smallest absolute Gasteiger partial charge is 0.0324 e. The van der Waals surface area contributed by atoms with Gasteiger partial charge >= 0.3 is 0 Å². The summed E-state index contributed by atoms with van der Waals surface area (Å²) in [5.41, 5.74) is 1.22. The Hall–Kier alpha value is -0.410. The topological polar surface area (TPSA) is 16.1 Å². The molecule has 60 valence electrons. The average molecular weight is 215 g/mol. The molecule has 1 aromatic rings. The molecule has 0 atom stereocenters. The van der Waals surface area contributed by atoms with Gasteiger partial charge in [-0.1, -0.05) is 15.9 Å². The molecule has 0 amide bonds. The minimum absolute atomic E-state index is 0.925. The second-order valence-corrected chi connectivity index (χ2v) is 3.56. The van der Waals surface area contributed by atoms with Gasteiger partial charge in [-0.25, -0.2) is 0 Å². The fourth-order valence-corrected chi connectivity index (χ4v) is 1.21. The van der Waals surface area contributed by atoms with Gasteiger partial charge in [0.2, 0.25) is 0 Å². The van der Waals surface area contributed by atoms with Crippen molar-refractivity contribution in [3.63, 3.8) is 0 Å². The average Bonchev–Trinajstić information content (AvgIpc) is 1.93. The van der Waals surface area contributed by atoms with E-state index in [0.717, 1.165) is 11.0 Å². The van der Waals surface area contributed by atoms with Crippen LogP contribution in [-0.4, -0.2) is 24.0 Å². The Morgan fingerprint density at radius 3 is 2.82 bits per heavy atom. The number of pyridine rings is 1. The van der Waals surface area contributed by atoms with Crippen LogP contribution in [0.3, 0.4) is 0 Å². The first-order chi connectivity index (χ1) is 5.20. The predicted octanol–water partition coefficient (Wildman–Crippen LogP) is 1.91. The SMILES string of the molecule is CN(C)Cc1cnccc1Br. The van der Waals surface area contributed by atoms with Crippen LogP contribution in [0.25, 0.3) is 0 Å². The normalized spacial score (nSPS) is 10.5. The summed E-state index contributed by atoms with van der Waals surface area (Å²) >= 11 is 3.46. The van der Waals surface area contributed by atoms with E-state index in [1.54, 1.807) is 6.20 Å². The summed E-state index contributed by atoms with van der Waals surface area (Å²) in [5.74, 6) is 0. The molecule has 3 heteroatoms. The Balaban J connectivity index is 2.78. The summed E-state index contributed by atoms with van der Waals surface area (Å²) in [7, 11) is 4.08. The van der Waals surface area contributed by atoms with Crippen LogP contribution < -0.4 is 0 Å². The van der Waals surface area contributed by atoms with Crippen LogP contribution in [0.2, 0.25) is 0 Å². The molecule has 0 saturated carbocycles. The molecule has 1 aromatic heterocycles. The summed E-state index contributed by atoms with van der Waals surface area (Å²) in [5, 5.41) is 0. The van der Waals surface area contributed by atoms with Gasteiger partial charge in [0.05, 0.1) is 0 Å². The van der Waals surface area contributed by atoms with Gasteiger partial charge in [-0.3, -0.25) is 4.98 Å². The molecule has 0 bridgehead atoms. The Labute approximate surface area is 75.4 Å². The van der Waals surface area contributed by atoms with Crippen LogP contribution in [0.1, 0.15) is 5.56 Å². The highest BCUT2D eigenvalue weighted by Crippen LogP contribution is 2.15. The van der Waals surface area contributed by atoms with Gasteiger partial charge in [-0.15, -0.1) is 0 Å². The van der Waals surface area contributed by atoms with Gasteiger partial charge in [-0.2, -0.15) is 0 Å². The van der Waals surface area contributed by atoms with E-state index in [2.05, 4.69) is 25.8 Å². The molecule has 0 radical (unpaired) electrons. The van der Waals surface area contributed by atoms with Gasteiger partial charge in [-0.05, 0) is 25.7 Å². The summed E-state index contributed by atoms with van der Waals surface area (Å²) in [6.07, 6.45) is 3.66. The molecule has 0 aliphatic heterocycles. The van der Waals surface area contributed by atoms with Crippen LogP contribution in [0.5, 0.6) is 0 Å². The van der Waals surface area contributed by atoms with Crippen molar-refractivity contribution in [1.82, 2.24) is 9.88 Å². The van der Waals surface area contributed by atoms with E-state index in [0.29, 0.717) is 0 Å². The number of hydrogen-bond donors (Lipinski definition) is 0. The molecule has 0 unspecified atom stereocenters. The summed E-state index contributed by atoms with van der Waals surface area (Å²) in [4.78, 5) is 6.15. The predicted molar refractivity (Wildman–Crippen MR) is 49.3 cm³/mol. The fourth-order valence-electron chi connectivity index (χ4n) is 0.867. The van der Waals surface area contributed by atoms with Crippen molar-refractivity contribution in [2.24, 2.45) is 0 Å². The van der Waals surface area contributed by atoms with Gasteiger partial charge < -0.3 is 4.90 Å². The van der Waals surface area contributed by atoms with Gasteiger partial charge in [0, 0.05) is 23.4 Å². The van der Waals surface area contributed by atoms with Crippen molar-refractivity contribution < 1.29 is 0 Å². The third kappa shape index (κ3) is 2.60. The summed E-state index contributed by atoms with van der Waals surface area (Å²) < 4.78 is 1.13. The first-order valence-corrected chi connectivity index (χ1v) is 4.22. The minimum atomic E-state index is 0.925. The zero-order valence-electron chi connectivity index (χ0n) is 6.71. The number of nitrogens with zero attached hydrogens (tertiary/aromatic N) is 2. The zero-order valence-corrected chi connectivity index (χ0v) is 8.30. The van der Waals surface area contributed by atoms with Crippen molar-refractivity contribution in [3.05, 3.63) is 28.5 Å². The van der Waals surface area contributed by atoms with E-state index in [-0.39, 0.29) is 0 Å². The zero-order chi connectivity index (χ0) is 8.27. The van der Waals surface area contributed by atoms with Crippen LogP contribution >= 0.6 is 15.9 Å². The van der Waals surface area contributed by atoms with E-state index >= 15 is 0 Å².